The van der Waals surface area contributed by atoms with Crippen molar-refractivity contribution < 1.29 is 19.0 Å². The standard InChI is InChI=1S/C22H20FNO3/c1-13(2)21-18(11-25)17(14-6-8-15(23)9-7-14)10-19(24-21)16-4-3-5-20-22(16)27-12-26-20/h3-10,13,25H,11-12H2,1-2H3. The van der Waals surface area contributed by atoms with E-state index in [9.17, 15) is 9.50 Å². The second-order valence-corrected chi connectivity index (χ2v) is 6.78. The molecule has 0 atom stereocenters. The van der Waals surface area contributed by atoms with Crippen molar-refractivity contribution in [3.8, 4) is 33.9 Å². The first-order valence-electron chi connectivity index (χ1n) is 8.88. The first-order chi connectivity index (χ1) is 13.1. The second-order valence-electron chi connectivity index (χ2n) is 6.78. The summed E-state index contributed by atoms with van der Waals surface area (Å²) in [5.41, 5.74) is 4.80. The van der Waals surface area contributed by atoms with Gasteiger partial charge in [0, 0.05) is 16.8 Å². The number of hydrogen-bond acceptors (Lipinski definition) is 4. The van der Waals surface area contributed by atoms with Crippen LogP contribution in [0.4, 0.5) is 4.39 Å². The lowest BCUT2D eigenvalue weighted by Crippen LogP contribution is -2.05. The van der Waals surface area contributed by atoms with Crippen molar-refractivity contribution in [2.45, 2.75) is 26.4 Å². The molecule has 4 nitrogen and oxygen atoms in total. The number of aliphatic hydroxyl groups excluding tert-OH is 1. The second kappa shape index (κ2) is 7.00. The van der Waals surface area contributed by atoms with E-state index < -0.39 is 0 Å². The molecule has 2 aromatic carbocycles. The Bertz CT molecular complexity index is 984. The predicted octanol–water partition coefficient (Wildman–Crippen LogP) is 4.90. The average Bonchev–Trinajstić information content (AvgIpc) is 3.16. The average molecular weight is 365 g/mol. The third-order valence-electron chi connectivity index (χ3n) is 4.69. The third-order valence-corrected chi connectivity index (χ3v) is 4.69. The molecule has 0 unspecified atom stereocenters. The summed E-state index contributed by atoms with van der Waals surface area (Å²) in [6.45, 7) is 4.12. The van der Waals surface area contributed by atoms with Gasteiger partial charge in [-0.3, -0.25) is 4.98 Å². The number of ether oxygens (including phenoxy) is 2. The molecule has 4 rings (SSSR count). The molecule has 138 valence electrons. The molecular weight excluding hydrogens is 345 g/mol. The summed E-state index contributed by atoms with van der Waals surface area (Å²) in [7, 11) is 0. The van der Waals surface area contributed by atoms with Crippen LogP contribution in [0.2, 0.25) is 0 Å². The van der Waals surface area contributed by atoms with Gasteiger partial charge < -0.3 is 14.6 Å². The van der Waals surface area contributed by atoms with Gasteiger partial charge >= 0.3 is 0 Å². The van der Waals surface area contributed by atoms with Crippen LogP contribution in [0.25, 0.3) is 22.4 Å². The highest BCUT2D eigenvalue weighted by molar-refractivity contribution is 5.78. The van der Waals surface area contributed by atoms with Gasteiger partial charge in [0.2, 0.25) is 6.79 Å². The first kappa shape index (κ1) is 17.5. The molecule has 0 saturated heterocycles. The lowest BCUT2D eigenvalue weighted by Gasteiger charge is -2.18. The van der Waals surface area contributed by atoms with E-state index in [2.05, 4.69) is 0 Å². The normalized spacial score (nSPS) is 12.6. The Morgan fingerprint density at radius 3 is 2.56 bits per heavy atom. The van der Waals surface area contributed by atoms with Gasteiger partial charge in [-0.2, -0.15) is 0 Å². The SMILES string of the molecule is CC(C)c1nc(-c2cccc3c2OCO3)cc(-c2ccc(F)cc2)c1CO. The van der Waals surface area contributed by atoms with E-state index in [0.29, 0.717) is 11.5 Å². The van der Waals surface area contributed by atoms with Crippen molar-refractivity contribution in [1.82, 2.24) is 4.98 Å². The van der Waals surface area contributed by atoms with E-state index in [-0.39, 0.29) is 25.1 Å². The fraction of sp³-hybridized carbons (Fsp3) is 0.227. The molecule has 0 spiro atoms. The number of aliphatic hydroxyl groups is 1. The van der Waals surface area contributed by atoms with Gasteiger partial charge in [0.05, 0.1) is 12.3 Å². The number of benzene rings is 2. The summed E-state index contributed by atoms with van der Waals surface area (Å²) in [4.78, 5) is 4.82. The number of fused-ring (bicyclic) bond motifs is 1. The van der Waals surface area contributed by atoms with Gasteiger partial charge in [0.25, 0.3) is 0 Å². The number of rotatable bonds is 4. The quantitative estimate of drug-likeness (QED) is 0.714. The van der Waals surface area contributed by atoms with Gasteiger partial charge in [0.1, 0.15) is 5.82 Å². The van der Waals surface area contributed by atoms with Crippen LogP contribution in [0.15, 0.2) is 48.5 Å². The fourth-order valence-electron chi connectivity index (χ4n) is 3.39. The zero-order valence-electron chi connectivity index (χ0n) is 15.2. The molecule has 0 saturated carbocycles. The van der Waals surface area contributed by atoms with Crippen molar-refractivity contribution in [2.24, 2.45) is 0 Å². The first-order valence-corrected chi connectivity index (χ1v) is 8.88. The number of para-hydroxylation sites is 1. The Balaban J connectivity index is 1.96. The largest absolute Gasteiger partial charge is 0.454 e. The van der Waals surface area contributed by atoms with E-state index in [1.165, 1.54) is 12.1 Å². The van der Waals surface area contributed by atoms with E-state index in [4.69, 9.17) is 14.5 Å². The van der Waals surface area contributed by atoms with Crippen LogP contribution in [-0.2, 0) is 6.61 Å². The zero-order valence-corrected chi connectivity index (χ0v) is 15.2. The molecule has 0 aliphatic carbocycles. The minimum atomic E-state index is -0.297. The maximum absolute atomic E-state index is 13.4. The minimum absolute atomic E-state index is 0.111. The Hall–Kier alpha value is -2.92. The molecule has 0 bridgehead atoms. The van der Waals surface area contributed by atoms with Crippen LogP contribution in [-0.4, -0.2) is 16.9 Å². The summed E-state index contributed by atoms with van der Waals surface area (Å²) >= 11 is 0. The van der Waals surface area contributed by atoms with E-state index in [1.54, 1.807) is 12.1 Å². The van der Waals surface area contributed by atoms with Crippen molar-refractivity contribution in [3.63, 3.8) is 0 Å². The van der Waals surface area contributed by atoms with Crippen LogP contribution in [0.3, 0.4) is 0 Å². The van der Waals surface area contributed by atoms with Crippen LogP contribution < -0.4 is 9.47 Å². The lowest BCUT2D eigenvalue weighted by molar-refractivity contribution is 0.174. The van der Waals surface area contributed by atoms with Crippen LogP contribution in [0.1, 0.15) is 31.0 Å². The van der Waals surface area contributed by atoms with E-state index in [1.807, 2.05) is 38.1 Å². The Morgan fingerprint density at radius 1 is 1.07 bits per heavy atom. The highest BCUT2D eigenvalue weighted by atomic mass is 19.1. The molecule has 5 heteroatoms. The molecule has 1 aliphatic rings. The maximum Gasteiger partial charge on any atom is 0.231 e. The molecule has 1 aromatic heterocycles. The van der Waals surface area contributed by atoms with Gasteiger partial charge in [-0.05, 0) is 47.4 Å². The molecule has 2 heterocycles. The molecule has 1 N–H and O–H groups in total. The number of pyridine rings is 1. The van der Waals surface area contributed by atoms with Crippen LogP contribution >= 0.6 is 0 Å². The monoisotopic (exact) mass is 365 g/mol. The summed E-state index contributed by atoms with van der Waals surface area (Å²) in [6, 6.07) is 13.9. The van der Waals surface area contributed by atoms with Crippen molar-refractivity contribution in [3.05, 3.63) is 65.6 Å². The Morgan fingerprint density at radius 2 is 1.85 bits per heavy atom. The lowest BCUT2D eigenvalue weighted by atomic mass is 9.92. The van der Waals surface area contributed by atoms with Crippen molar-refractivity contribution in [1.29, 1.82) is 0 Å². The topological polar surface area (TPSA) is 51.6 Å². The molecule has 3 aromatic rings. The minimum Gasteiger partial charge on any atom is -0.454 e. The van der Waals surface area contributed by atoms with Gasteiger partial charge in [-0.25, -0.2) is 4.39 Å². The smallest absolute Gasteiger partial charge is 0.231 e. The molecule has 0 amide bonds. The molecule has 0 fully saturated rings. The van der Waals surface area contributed by atoms with Gasteiger partial charge in [-0.1, -0.05) is 32.0 Å². The van der Waals surface area contributed by atoms with Crippen LogP contribution in [0, 0.1) is 5.82 Å². The predicted molar refractivity (Wildman–Crippen MR) is 101 cm³/mol. The summed E-state index contributed by atoms with van der Waals surface area (Å²) in [5.74, 6) is 1.17. The van der Waals surface area contributed by atoms with E-state index >= 15 is 0 Å². The van der Waals surface area contributed by atoms with Crippen molar-refractivity contribution in [2.75, 3.05) is 6.79 Å². The molecule has 27 heavy (non-hydrogen) atoms. The molecule has 1 aliphatic heterocycles. The summed E-state index contributed by atoms with van der Waals surface area (Å²) in [5, 5.41) is 10.0. The number of nitrogens with zero attached hydrogens (tertiary/aromatic N) is 1. The third kappa shape index (κ3) is 3.15. The Labute approximate surface area is 157 Å². The number of hydrogen-bond donors (Lipinski definition) is 1. The van der Waals surface area contributed by atoms with Crippen molar-refractivity contribution >= 4 is 0 Å². The van der Waals surface area contributed by atoms with Gasteiger partial charge in [-0.15, -0.1) is 0 Å². The molecule has 0 radical (unpaired) electrons. The fourth-order valence-corrected chi connectivity index (χ4v) is 3.39. The number of aromatic nitrogens is 1. The van der Waals surface area contributed by atoms with Crippen LogP contribution in [0.5, 0.6) is 11.5 Å². The molecular formula is C22H20FNO3. The maximum atomic E-state index is 13.4. The highest BCUT2D eigenvalue weighted by Crippen LogP contribution is 2.42. The summed E-state index contributed by atoms with van der Waals surface area (Å²) < 4.78 is 24.5. The Kier molecular flexibility index (Phi) is 4.54. The zero-order chi connectivity index (χ0) is 19.0. The van der Waals surface area contributed by atoms with E-state index in [0.717, 1.165) is 33.6 Å². The number of halogens is 1. The summed E-state index contributed by atoms with van der Waals surface area (Å²) in [6.07, 6.45) is 0. The highest BCUT2D eigenvalue weighted by Gasteiger charge is 2.22. The van der Waals surface area contributed by atoms with Gasteiger partial charge in [0.15, 0.2) is 11.5 Å².